The summed E-state index contributed by atoms with van der Waals surface area (Å²) in [6.45, 7) is 9.57. The monoisotopic (exact) mass is 300 g/mol. The summed E-state index contributed by atoms with van der Waals surface area (Å²) in [6, 6.07) is 3.55. The molecule has 0 aliphatic heterocycles. The van der Waals surface area contributed by atoms with Gasteiger partial charge in [-0.2, -0.15) is 0 Å². The van der Waals surface area contributed by atoms with Gasteiger partial charge in [-0.15, -0.1) is 0 Å². The minimum Gasteiger partial charge on any atom is -0.538 e. The third-order valence-corrected chi connectivity index (χ3v) is 2.69. The van der Waals surface area contributed by atoms with Crippen LogP contribution in [0.1, 0.15) is 41.5 Å². The molecule has 0 saturated carbocycles. The molecule has 20 heavy (non-hydrogen) atoms. The van der Waals surface area contributed by atoms with Crippen molar-refractivity contribution < 1.29 is 14.0 Å². The van der Waals surface area contributed by atoms with Gasteiger partial charge in [0.15, 0.2) is 0 Å². The fourth-order valence-corrected chi connectivity index (χ4v) is 2.09. The van der Waals surface area contributed by atoms with Crippen molar-refractivity contribution in [2.75, 3.05) is 0 Å². The molecular formula is C14H24BClNO3-. The minimum atomic E-state index is -2.10. The molecule has 0 bridgehead atoms. The van der Waals surface area contributed by atoms with E-state index in [1.165, 1.54) is 0 Å². The van der Waals surface area contributed by atoms with Crippen LogP contribution < -0.4 is 5.59 Å². The molecule has 0 unspecified atom stereocenters. The van der Waals surface area contributed by atoms with Gasteiger partial charge in [0.1, 0.15) is 0 Å². The van der Waals surface area contributed by atoms with Crippen molar-refractivity contribution in [2.24, 2.45) is 0 Å². The van der Waals surface area contributed by atoms with Crippen molar-refractivity contribution in [1.82, 2.24) is 4.98 Å². The number of pyridine rings is 1. The maximum Gasteiger partial charge on any atom is 0.428 e. The second kappa shape index (κ2) is 7.41. The van der Waals surface area contributed by atoms with Gasteiger partial charge in [0.25, 0.3) is 0 Å². The second-order valence-electron chi connectivity index (χ2n) is 5.60. The van der Waals surface area contributed by atoms with Gasteiger partial charge in [0.05, 0.1) is 5.02 Å². The number of hydrogen-bond donors (Lipinski definition) is 0. The van der Waals surface area contributed by atoms with Crippen molar-refractivity contribution in [3.63, 3.8) is 0 Å². The zero-order valence-electron chi connectivity index (χ0n) is 13.1. The molecule has 1 aromatic heterocycles. The Balaban J connectivity index is 3.22. The molecule has 0 saturated heterocycles. The van der Waals surface area contributed by atoms with Crippen LogP contribution in [0, 0.1) is 0 Å². The van der Waals surface area contributed by atoms with Crippen molar-refractivity contribution >= 4 is 23.9 Å². The summed E-state index contributed by atoms with van der Waals surface area (Å²) < 4.78 is 18.0. The Morgan fingerprint density at radius 2 is 1.35 bits per heavy atom. The Morgan fingerprint density at radius 1 is 0.900 bits per heavy atom. The zero-order chi connectivity index (χ0) is 15.3. The van der Waals surface area contributed by atoms with Gasteiger partial charge in [-0.3, -0.25) is 4.98 Å². The lowest BCUT2D eigenvalue weighted by molar-refractivity contribution is 0.0146. The summed E-state index contributed by atoms with van der Waals surface area (Å²) in [4.78, 5) is 4.33. The van der Waals surface area contributed by atoms with Crippen LogP contribution in [0.4, 0.5) is 0 Å². The summed E-state index contributed by atoms with van der Waals surface area (Å²) in [7, 11) is 0. The standard InChI is InChI=1S/C14H24BClNO3/c1-10(2)18-15(19-11(3)4,20-12(5)6)14-8-7-13(16)9-17-14/h7-12H,1-6H3/q-1. The molecule has 0 N–H and O–H groups in total. The van der Waals surface area contributed by atoms with Crippen LogP contribution in [0.3, 0.4) is 0 Å². The summed E-state index contributed by atoms with van der Waals surface area (Å²) in [5, 5.41) is 0.567. The molecule has 114 valence electrons. The quantitative estimate of drug-likeness (QED) is 0.725. The van der Waals surface area contributed by atoms with E-state index in [2.05, 4.69) is 4.98 Å². The van der Waals surface area contributed by atoms with E-state index in [0.29, 0.717) is 10.6 Å². The van der Waals surface area contributed by atoms with Crippen LogP contribution in [0.5, 0.6) is 0 Å². The molecule has 6 heteroatoms. The molecule has 4 nitrogen and oxygen atoms in total. The predicted molar refractivity (Wildman–Crippen MR) is 83.3 cm³/mol. The Kier molecular flexibility index (Phi) is 6.46. The van der Waals surface area contributed by atoms with Crippen molar-refractivity contribution in [2.45, 2.75) is 59.9 Å². The SMILES string of the molecule is CC(C)O[B-](OC(C)C)(OC(C)C)c1ccc(Cl)cn1. The smallest absolute Gasteiger partial charge is 0.428 e. The summed E-state index contributed by atoms with van der Waals surface area (Å²) in [5.74, 6) is 0. The molecule has 0 atom stereocenters. The maximum atomic E-state index is 6.00. The largest absolute Gasteiger partial charge is 0.538 e. The number of rotatable bonds is 7. The van der Waals surface area contributed by atoms with E-state index in [9.17, 15) is 0 Å². The first-order valence-corrected chi connectivity index (χ1v) is 7.42. The molecule has 0 fully saturated rings. The number of hydrogen-bond acceptors (Lipinski definition) is 4. The van der Waals surface area contributed by atoms with E-state index >= 15 is 0 Å². The second-order valence-corrected chi connectivity index (χ2v) is 6.03. The van der Waals surface area contributed by atoms with E-state index in [1.54, 1.807) is 18.3 Å². The van der Waals surface area contributed by atoms with Gasteiger partial charge in [-0.1, -0.05) is 17.7 Å². The Labute approximate surface area is 126 Å². The maximum absolute atomic E-state index is 6.00. The first-order valence-electron chi connectivity index (χ1n) is 7.04. The van der Waals surface area contributed by atoms with Crippen molar-refractivity contribution in [1.29, 1.82) is 0 Å². The fraction of sp³-hybridized carbons (Fsp3) is 0.643. The van der Waals surface area contributed by atoms with Gasteiger partial charge < -0.3 is 14.0 Å². The van der Waals surface area contributed by atoms with Gasteiger partial charge in [0, 0.05) is 24.5 Å². The lowest BCUT2D eigenvalue weighted by Gasteiger charge is -2.45. The molecule has 1 rings (SSSR count). The summed E-state index contributed by atoms with van der Waals surface area (Å²) in [6.07, 6.45) is 1.42. The highest BCUT2D eigenvalue weighted by Crippen LogP contribution is 2.18. The van der Waals surface area contributed by atoms with Crippen molar-refractivity contribution in [3.05, 3.63) is 23.4 Å². The number of nitrogens with zero attached hydrogens (tertiary/aromatic N) is 1. The summed E-state index contributed by atoms with van der Waals surface area (Å²) in [5.41, 5.74) is 0.616. The lowest BCUT2D eigenvalue weighted by Crippen LogP contribution is -2.61. The van der Waals surface area contributed by atoms with Gasteiger partial charge in [-0.25, -0.2) is 0 Å². The van der Waals surface area contributed by atoms with Crippen molar-refractivity contribution in [3.8, 4) is 0 Å². The molecule has 0 aromatic carbocycles. The summed E-state index contributed by atoms with van der Waals surface area (Å²) >= 11 is 5.90. The van der Waals surface area contributed by atoms with Crippen LogP contribution >= 0.6 is 11.6 Å². The first-order chi connectivity index (χ1) is 9.25. The van der Waals surface area contributed by atoms with Crippen LogP contribution in [0.25, 0.3) is 0 Å². The average molecular weight is 301 g/mol. The first kappa shape index (κ1) is 17.4. The number of aromatic nitrogens is 1. The highest BCUT2D eigenvalue weighted by Gasteiger charge is 2.36. The van der Waals surface area contributed by atoms with E-state index < -0.39 is 6.75 Å². The molecule has 1 heterocycles. The molecule has 0 spiro atoms. The van der Waals surface area contributed by atoms with E-state index in [-0.39, 0.29) is 18.3 Å². The highest BCUT2D eigenvalue weighted by atomic mass is 35.5. The predicted octanol–water partition coefficient (Wildman–Crippen LogP) is 3.16. The molecular weight excluding hydrogens is 276 g/mol. The fourth-order valence-electron chi connectivity index (χ4n) is 1.98. The van der Waals surface area contributed by atoms with Gasteiger partial charge >= 0.3 is 6.75 Å². The lowest BCUT2D eigenvalue weighted by atomic mass is 9.71. The zero-order valence-corrected chi connectivity index (χ0v) is 13.8. The van der Waals surface area contributed by atoms with Crippen LogP contribution in [-0.4, -0.2) is 30.1 Å². The Hall–Kier alpha value is -0.615. The molecule has 1 aromatic rings. The van der Waals surface area contributed by atoms with Crippen LogP contribution in [-0.2, 0) is 14.0 Å². The molecule has 0 aliphatic rings. The third kappa shape index (κ3) is 5.06. The Morgan fingerprint density at radius 3 is 1.65 bits per heavy atom. The number of halogens is 1. The van der Waals surface area contributed by atoms with Crippen LogP contribution in [0.15, 0.2) is 18.3 Å². The van der Waals surface area contributed by atoms with Crippen LogP contribution in [0.2, 0.25) is 5.02 Å². The molecule has 0 radical (unpaired) electrons. The van der Waals surface area contributed by atoms with E-state index in [1.807, 2.05) is 41.5 Å². The van der Waals surface area contributed by atoms with E-state index in [4.69, 9.17) is 25.6 Å². The molecule has 0 amide bonds. The topological polar surface area (TPSA) is 40.6 Å². The highest BCUT2D eigenvalue weighted by molar-refractivity contribution is 6.74. The minimum absolute atomic E-state index is 0.0509. The Bertz CT molecular complexity index is 383. The van der Waals surface area contributed by atoms with Gasteiger partial charge in [-0.05, 0) is 53.2 Å². The van der Waals surface area contributed by atoms with E-state index in [0.717, 1.165) is 0 Å². The van der Waals surface area contributed by atoms with Gasteiger partial charge in [0.2, 0.25) is 0 Å². The average Bonchev–Trinajstić information content (AvgIpc) is 2.26. The third-order valence-electron chi connectivity index (χ3n) is 2.47. The molecule has 0 aliphatic carbocycles. The normalized spacial score (nSPS) is 12.7.